The molecule has 0 aliphatic rings. The molecule has 136 valence electrons. The Labute approximate surface area is 155 Å². The lowest BCUT2D eigenvalue weighted by Crippen LogP contribution is -2.25. The van der Waals surface area contributed by atoms with Crippen molar-refractivity contribution in [2.75, 3.05) is 7.11 Å². The monoisotopic (exact) mass is 423 g/mol. The topological polar surface area (TPSA) is 126 Å². The molecule has 0 aliphatic carbocycles. The summed E-state index contributed by atoms with van der Waals surface area (Å²) in [5, 5.41) is 28.6. The number of aromatic hydroxyl groups is 2. The zero-order valence-corrected chi connectivity index (χ0v) is 15.3. The van der Waals surface area contributed by atoms with Gasteiger partial charge in [0.2, 0.25) is 5.88 Å². The lowest BCUT2D eigenvalue weighted by molar-refractivity contribution is 0.0692. The van der Waals surface area contributed by atoms with Crippen LogP contribution in [0.15, 0.2) is 33.5 Å². The molecule has 9 heteroatoms. The number of methoxy groups -OCH3 is 1. The number of pyridine rings is 1. The van der Waals surface area contributed by atoms with Gasteiger partial charge >= 0.3 is 11.5 Å². The SMILES string of the molecule is COc1c(C)cc(C=CC(=O)n2c(O)c(Br)cc(O)c2=O)cc1C(=O)O. The molecule has 2 aromatic rings. The Morgan fingerprint density at radius 1 is 1.23 bits per heavy atom. The van der Waals surface area contributed by atoms with E-state index in [1.165, 1.54) is 19.3 Å². The fourth-order valence-electron chi connectivity index (χ4n) is 2.34. The molecule has 0 saturated heterocycles. The van der Waals surface area contributed by atoms with Crippen LogP contribution < -0.4 is 10.3 Å². The predicted octanol–water partition coefficient (Wildman–Crippen LogP) is 2.39. The van der Waals surface area contributed by atoms with Crippen LogP contribution in [0, 0.1) is 6.92 Å². The van der Waals surface area contributed by atoms with E-state index in [1.54, 1.807) is 13.0 Å². The van der Waals surface area contributed by atoms with E-state index in [1.807, 2.05) is 0 Å². The zero-order valence-electron chi connectivity index (χ0n) is 13.7. The normalized spacial score (nSPS) is 10.9. The number of aromatic carboxylic acids is 1. The number of nitrogens with zero attached hydrogens (tertiary/aromatic N) is 1. The number of hydrogen-bond acceptors (Lipinski definition) is 6. The molecule has 3 N–H and O–H groups in total. The number of carboxylic acid groups (broad SMARTS) is 1. The maximum Gasteiger partial charge on any atom is 0.339 e. The predicted molar refractivity (Wildman–Crippen MR) is 96.1 cm³/mol. The molecule has 0 unspecified atom stereocenters. The molecule has 0 spiro atoms. The fraction of sp³-hybridized carbons (Fsp3) is 0.118. The third-order valence-corrected chi connectivity index (χ3v) is 4.06. The van der Waals surface area contributed by atoms with Gasteiger partial charge in [0.1, 0.15) is 11.3 Å². The van der Waals surface area contributed by atoms with Crippen LogP contribution in [0.25, 0.3) is 6.08 Å². The van der Waals surface area contributed by atoms with Crippen molar-refractivity contribution in [1.29, 1.82) is 0 Å². The lowest BCUT2D eigenvalue weighted by atomic mass is 10.0. The molecule has 1 aromatic carbocycles. The van der Waals surface area contributed by atoms with E-state index in [9.17, 15) is 29.7 Å². The number of rotatable bonds is 4. The van der Waals surface area contributed by atoms with Gasteiger partial charge in [-0.3, -0.25) is 9.59 Å². The first-order valence-electron chi connectivity index (χ1n) is 7.15. The van der Waals surface area contributed by atoms with Crippen molar-refractivity contribution in [2.24, 2.45) is 0 Å². The van der Waals surface area contributed by atoms with Gasteiger partial charge in [-0.2, -0.15) is 0 Å². The van der Waals surface area contributed by atoms with E-state index >= 15 is 0 Å². The minimum atomic E-state index is -1.20. The van der Waals surface area contributed by atoms with Gasteiger partial charge in [-0.15, -0.1) is 0 Å². The largest absolute Gasteiger partial charge is 0.503 e. The Hall–Kier alpha value is -3.07. The molecule has 0 saturated carbocycles. The standard InChI is InChI=1S/C17H14BrNO7/c1-8-5-9(6-10(17(24)25)14(8)26-2)3-4-13(21)19-15(22)11(18)7-12(20)16(19)23/h3-7,20,22H,1-2H3,(H,24,25). The van der Waals surface area contributed by atoms with E-state index < -0.39 is 29.1 Å². The average molecular weight is 424 g/mol. The molecule has 0 amide bonds. The Kier molecular flexibility index (Phi) is 5.51. The van der Waals surface area contributed by atoms with Crippen molar-refractivity contribution in [3.8, 4) is 17.4 Å². The number of ether oxygens (including phenoxy) is 1. The second-order valence-electron chi connectivity index (χ2n) is 5.24. The Morgan fingerprint density at radius 3 is 2.46 bits per heavy atom. The third-order valence-electron chi connectivity index (χ3n) is 3.48. The first-order chi connectivity index (χ1) is 12.2. The number of carbonyl (C=O) groups is 2. The third kappa shape index (κ3) is 3.62. The summed E-state index contributed by atoms with van der Waals surface area (Å²) < 4.78 is 5.40. The first kappa shape index (κ1) is 19.3. The molecule has 0 radical (unpaired) electrons. The second-order valence-corrected chi connectivity index (χ2v) is 6.09. The summed E-state index contributed by atoms with van der Waals surface area (Å²) >= 11 is 2.92. The smallest absolute Gasteiger partial charge is 0.339 e. The highest BCUT2D eigenvalue weighted by Gasteiger charge is 2.17. The van der Waals surface area contributed by atoms with Gasteiger partial charge < -0.3 is 20.1 Å². The summed E-state index contributed by atoms with van der Waals surface area (Å²) in [6.07, 6.45) is 2.25. The number of hydrogen-bond donors (Lipinski definition) is 3. The lowest BCUT2D eigenvalue weighted by Gasteiger charge is -2.10. The van der Waals surface area contributed by atoms with Gasteiger partial charge in [-0.05, 0) is 52.2 Å². The van der Waals surface area contributed by atoms with Gasteiger partial charge in [0.05, 0.1) is 11.6 Å². The number of aryl methyl sites for hydroxylation is 1. The van der Waals surface area contributed by atoms with Crippen molar-refractivity contribution in [3.63, 3.8) is 0 Å². The van der Waals surface area contributed by atoms with Gasteiger partial charge in [0.25, 0.3) is 5.91 Å². The van der Waals surface area contributed by atoms with Crippen LogP contribution in [0.4, 0.5) is 0 Å². The zero-order chi connectivity index (χ0) is 19.6. The van der Waals surface area contributed by atoms with Gasteiger partial charge in [-0.1, -0.05) is 0 Å². The van der Waals surface area contributed by atoms with Crippen molar-refractivity contribution in [2.45, 2.75) is 6.92 Å². The Morgan fingerprint density at radius 2 is 1.88 bits per heavy atom. The number of carbonyl (C=O) groups excluding carboxylic acids is 1. The molecule has 0 bridgehead atoms. The molecule has 2 rings (SSSR count). The minimum Gasteiger partial charge on any atom is -0.503 e. The number of benzene rings is 1. The van der Waals surface area contributed by atoms with Crippen molar-refractivity contribution in [3.05, 3.63) is 55.8 Å². The highest BCUT2D eigenvalue weighted by Crippen LogP contribution is 2.27. The maximum atomic E-state index is 12.2. The van der Waals surface area contributed by atoms with Crippen LogP contribution in [0.1, 0.15) is 26.3 Å². The van der Waals surface area contributed by atoms with E-state index in [4.69, 9.17) is 4.74 Å². The Balaban J connectivity index is 2.47. The molecule has 26 heavy (non-hydrogen) atoms. The molecular formula is C17H14BrNO7. The summed E-state index contributed by atoms with van der Waals surface area (Å²) in [5.41, 5.74) is -0.252. The van der Waals surface area contributed by atoms with E-state index in [0.717, 1.165) is 12.1 Å². The quantitative estimate of drug-likeness (QED) is 0.644. The summed E-state index contributed by atoms with van der Waals surface area (Å²) in [6.45, 7) is 1.65. The van der Waals surface area contributed by atoms with Crippen LogP contribution in [-0.2, 0) is 0 Å². The van der Waals surface area contributed by atoms with Crippen molar-refractivity contribution >= 4 is 33.9 Å². The van der Waals surface area contributed by atoms with Crippen LogP contribution >= 0.6 is 15.9 Å². The van der Waals surface area contributed by atoms with Crippen molar-refractivity contribution in [1.82, 2.24) is 4.57 Å². The van der Waals surface area contributed by atoms with E-state index in [-0.39, 0.29) is 15.8 Å². The minimum absolute atomic E-state index is 0.0372. The van der Waals surface area contributed by atoms with Gasteiger partial charge in [0.15, 0.2) is 5.75 Å². The van der Waals surface area contributed by atoms with Crippen LogP contribution in [-0.4, -0.2) is 38.9 Å². The number of halogens is 1. The summed E-state index contributed by atoms with van der Waals surface area (Å²) in [4.78, 5) is 35.4. The highest BCUT2D eigenvalue weighted by atomic mass is 79.9. The molecule has 8 nitrogen and oxygen atoms in total. The molecular weight excluding hydrogens is 410 g/mol. The summed E-state index contributed by atoms with van der Waals surface area (Å²) in [7, 11) is 1.35. The highest BCUT2D eigenvalue weighted by molar-refractivity contribution is 9.10. The summed E-state index contributed by atoms with van der Waals surface area (Å²) in [5.74, 6) is -3.30. The first-order valence-corrected chi connectivity index (χ1v) is 7.94. The number of carboxylic acids is 1. The summed E-state index contributed by atoms with van der Waals surface area (Å²) in [6, 6.07) is 3.87. The maximum absolute atomic E-state index is 12.2. The fourth-order valence-corrected chi connectivity index (χ4v) is 2.73. The molecule has 1 aromatic heterocycles. The van der Waals surface area contributed by atoms with Crippen LogP contribution in [0.3, 0.4) is 0 Å². The molecule has 0 atom stereocenters. The van der Waals surface area contributed by atoms with E-state index in [0.29, 0.717) is 15.7 Å². The van der Waals surface area contributed by atoms with Gasteiger partial charge in [0, 0.05) is 12.1 Å². The Bertz CT molecular complexity index is 992. The molecule has 0 aliphatic heterocycles. The number of allylic oxidation sites excluding steroid dienone is 1. The number of aromatic nitrogens is 1. The van der Waals surface area contributed by atoms with Crippen LogP contribution in [0.5, 0.6) is 17.4 Å². The molecule has 1 heterocycles. The molecule has 0 fully saturated rings. The van der Waals surface area contributed by atoms with Crippen LogP contribution in [0.2, 0.25) is 0 Å². The van der Waals surface area contributed by atoms with E-state index in [2.05, 4.69) is 15.9 Å². The van der Waals surface area contributed by atoms with Gasteiger partial charge in [-0.25, -0.2) is 9.36 Å². The van der Waals surface area contributed by atoms with Crippen molar-refractivity contribution < 1.29 is 29.6 Å². The average Bonchev–Trinajstić information content (AvgIpc) is 2.57. The second kappa shape index (κ2) is 7.44.